The molecular formula is C28H29F2N5O4. The van der Waals surface area contributed by atoms with Gasteiger partial charge in [0.15, 0.2) is 0 Å². The van der Waals surface area contributed by atoms with E-state index >= 15 is 0 Å². The van der Waals surface area contributed by atoms with Gasteiger partial charge in [-0.1, -0.05) is 39.0 Å². The summed E-state index contributed by atoms with van der Waals surface area (Å²) in [5, 5.41) is 4.72. The van der Waals surface area contributed by atoms with Crippen molar-refractivity contribution in [2.45, 2.75) is 51.2 Å². The molecule has 2 aromatic rings. The van der Waals surface area contributed by atoms with Gasteiger partial charge >= 0.3 is 18.0 Å². The normalized spacial score (nSPS) is 22.2. The van der Waals surface area contributed by atoms with Crippen molar-refractivity contribution in [1.82, 2.24) is 9.80 Å². The zero-order valence-corrected chi connectivity index (χ0v) is 21.5. The summed E-state index contributed by atoms with van der Waals surface area (Å²) in [6, 6.07) is 7.27. The maximum Gasteiger partial charge on any atom is 0.313 e. The van der Waals surface area contributed by atoms with Crippen molar-refractivity contribution in [3.05, 3.63) is 71.1 Å². The van der Waals surface area contributed by atoms with E-state index in [1.807, 2.05) is 5.32 Å². The number of halogens is 2. The molecule has 4 amide bonds. The molecule has 204 valence electrons. The Morgan fingerprint density at radius 3 is 2.64 bits per heavy atom. The molecule has 2 aromatic carbocycles. The predicted molar refractivity (Wildman–Crippen MR) is 139 cm³/mol. The number of benzene rings is 2. The molecule has 2 aliphatic rings. The molecule has 11 heteroatoms. The summed E-state index contributed by atoms with van der Waals surface area (Å²) in [4.78, 5) is 58.5. The van der Waals surface area contributed by atoms with Crippen LogP contribution in [0.1, 0.15) is 43.3 Å². The molecule has 39 heavy (non-hydrogen) atoms. The van der Waals surface area contributed by atoms with E-state index in [0.29, 0.717) is 17.3 Å². The predicted octanol–water partition coefficient (Wildman–Crippen LogP) is 3.53. The van der Waals surface area contributed by atoms with Gasteiger partial charge in [0.2, 0.25) is 5.91 Å². The number of amides is 4. The van der Waals surface area contributed by atoms with Crippen molar-refractivity contribution in [2.75, 3.05) is 24.2 Å². The molecule has 1 spiro atoms. The highest BCUT2D eigenvalue weighted by molar-refractivity contribution is 6.39. The van der Waals surface area contributed by atoms with E-state index in [0.717, 1.165) is 17.0 Å². The van der Waals surface area contributed by atoms with Crippen LogP contribution in [0.2, 0.25) is 0 Å². The average Bonchev–Trinajstić information content (AvgIpc) is 3.41. The Bertz CT molecular complexity index is 1500. The Balaban J connectivity index is 1.72. The average molecular weight is 541 g/mol. The van der Waals surface area contributed by atoms with E-state index in [4.69, 9.17) is 10.7 Å². The topological polar surface area (TPSA) is 103 Å². The largest absolute Gasteiger partial charge is 0.325 e. The van der Waals surface area contributed by atoms with Crippen molar-refractivity contribution >= 4 is 35.0 Å². The van der Waals surface area contributed by atoms with Gasteiger partial charge in [0.25, 0.3) is 5.91 Å². The lowest BCUT2D eigenvalue weighted by molar-refractivity contribution is -0.150. The minimum atomic E-state index is -3.32. The molecule has 2 heterocycles. The molecule has 3 atom stereocenters. The summed E-state index contributed by atoms with van der Waals surface area (Å²) in [6.07, 6.45) is -1.45. The van der Waals surface area contributed by atoms with Crippen LogP contribution in [0.3, 0.4) is 0 Å². The molecule has 1 fully saturated rings. The number of nitrogens with one attached hydrogen (secondary N) is 2. The van der Waals surface area contributed by atoms with Crippen LogP contribution in [0.5, 0.6) is 0 Å². The Labute approximate surface area is 229 Å². The summed E-state index contributed by atoms with van der Waals surface area (Å²) in [5.41, 5.74) is -1.46. The first kappa shape index (κ1) is 23.8. The zero-order chi connectivity index (χ0) is 31.2. The fourth-order valence-corrected chi connectivity index (χ4v) is 5.03. The van der Waals surface area contributed by atoms with Gasteiger partial charge in [-0.05, 0) is 35.6 Å². The molecule has 0 unspecified atom stereocenters. The van der Waals surface area contributed by atoms with Crippen molar-refractivity contribution < 1.29 is 32.1 Å². The summed E-state index contributed by atoms with van der Waals surface area (Å²) in [5.74, 6) is -6.69. The maximum atomic E-state index is 14.2. The van der Waals surface area contributed by atoms with Crippen LogP contribution < -0.4 is 10.6 Å². The molecule has 0 radical (unpaired) electrons. The zero-order valence-electron chi connectivity index (χ0n) is 24.5. The molecular weight excluding hydrogens is 508 g/mol. The van der Waals surface area contributed by atoms with Crippen molar-refractivity contribution in [2.24, 2.45) is 5.41 Å². The molecule has 0 bridgehead atoms. The molecule has 0 aliphatic carbocycles. The van der Waals surface area contributed by atoms with Gasteiger partial charge in [-0.25, -0.2) is 15.4 Å². The second kappa shape index (κ2) is 10.1. The minimum absolute atomic E-state index is 0.0562. The molecule has 0 saturated carbocycles. The number of carbonyl (C=O) groups excluding carboxylic acids is 4. The number of rotatable bonds is 4. The number of hydrogen-bond donors (Lipinski definition) is 2. The Kier molecular flexibility index (Phi) is 6.15. The number of likely N-dealkylation sites (N-methyl/N-ethyl adjacent to an activating group) is 1. The number of fused-ring (bicyclic) bond motifs is 2. The molecule has 0 aromatic heterocycles. The molecule has 4 rings (SSSR count). The monoisotopic (exact) mass is 540 g/mol. The van der Waals surface area contributed by atoms with E-state index < -0.39 is 71.0 Å². The van der Waals surface area contributed by atoms with E-state index in [1.165, 1.54) is 0 Å². The first-order valence-corrected chi connectivity index (χ1v) is 12.2. The van der Waals surface area contributed by atoms with Crippen LogP contribution in [0.4, 0.5) is 20.2 Å². The number of hydrogen-bond acceptors (Lipinski definition) is 4. The lowest BCUT2D eigenvalue weighted by atomic mass is 9.80. The molecule has 2 aliphatic heterocycles. The van der Waals surface area contributed by atoms with Crippen molar-refractivity contribution in [3.63, 3.8) is 0 Å². The summed E-state index contributed by atoms with van der Waals surface area (Å²) in [7, 11) is 0. The van der Waals surface area contributed by atoms with Crippen LogP contribution in [0.15, 0.2) is 42.5 Å². The summed E-state index contributed by atoms with van der Waals surface area (Å²) in [6.45, 7) is 9.29. The first-order valence-electron chi connectivity index (χ1n) is 13.7. The molecule has 1 saturated heterocycles. The van der Waals surface area contributed by atoms with Gasteiger partial charge < -0.3 is 15.5 Å². The highest BCUT2D eigenvalue weighted by atomic mass is 19.1. The Morgan fingerprint density at radius 2 is 2.00 bits per heavy atom. The number of para-hydroxylation sites is 1. The van der Waals surface area contributed by atoms with Gasteiger partial charge in [-0.3, -0.25) is 28.9 Å². The van der Waals surface area contributed by atoms with Crippen LogP contribution in [0, 0.1) is 23.6 Å². The first-order chi connectivity index (χ1) is 19.5. The van der Waals surface area contributed by atoms with E-state index in [2.05, 4.69) is 10.2 Å². The molecule has 9 nitrogen and oxygen atoms in total. The van der Waals surface area contributed by atoms with Gasteiger partial charge in [0, 0.05) is 29.4 Å². The van der Waals surface area contributed by atoms with E-state index in [1.54, 1.807) is 45.0 Å². The quantitative estimate of drug-likeness (QED) is 0.458. The van der Waals surface area contributed by atoms with E-state index in [9.17, 15) is 28.0 Å². The third-order valence-corrected chi connectivity index (χ3v) is 6.88. The second-order valence-corrected chi connectivity index (χ2v) is 10.9. The number of anilines is 2. The Hall–Kier alpha value is -4.33. The minimum Gasteiger partial charge on any atom is -0.325 e. The van der Waals surface area contributed by atoms with Crippen LogP contribution in [-0.2, 0) is 24.6 Å². The smallest absolute Gasteiger partial charge is 0.313 e. The van der Waals surface area contributed by atoms with Crippen LogP contribution in [-0.4, -0.2) is 59.2 Å². The lowest BCUT2D eigenvalue weighted by Gasteiger charge is -2.34. The third kappa shape index (κ3) is 5.19. The SMILES string of the molecule is [2H]C([2H])([2H])N(C(=O)C(=O)Nc1ccc(F)cc1F)[C@@H](CC(C)(C)C)C(=O)N1C[C@]2(C[C@H]1[N+]#[C-])C(=O)Nc1ccccc12. The van der Waals surface area contributed by atoms with E-state index in [-0.39, 0.29) is 24.3 Å². The molecule has 2 N–H and O–H groups in total. The van der Waals surface area contributed by atoms with Gasteiger partial charge in [-0.2, -0.15) is 0 Å². The fourth-order valence-electron chi connectivity index (χ4n) is 5.03. The standard InChI is InChI=1S/C28H29F2N5O4/c1-27(2,3)13-21(34(5)25(38)23(36)32-20-11-10-16(29)12-18(20)30)24(37)35-15-28(14-22(35)31-4)17-8-6-7-9-19(17)33-26(28)39/h6-12,21-22H,13-15H2,1-3,5H3,(H,32,36)(H,33,39)/t21-,22-,28-/m0/s1/i5D3. The summed E-state index contributed by atoms with van der Waals surface area (Å²) < 4.78 is 51.8. The number of likely N-dealkylation sites (tertiary alicyclic amines) is 1. The van der Waals surface area contributed by atoms with Gasteiger partial charge in [-0.15, -0.1) is 0 Å². The van der Waals surface area contributed by atoms with Crippen molar-refractivity contribution in [1.29, 1.82) is 0 Å². The third-order valence-electron chi connectivity index (χ3n) is 6.88. The maximum absolute atomic E-state index is 14.2. The van der Waals surface area contributed by atoms with Gasteiger partial charge in [0.1, 0.15) is 23.1 Å². The second-order valence-electron chi connectivity index (χ2n) is 10.9. The number of nitrogens with zero attached hydrogens (tertiary/aromatic N) is 3. The lowest BCUT2D eigenvalue weighted by Crippen LogP contribution is -2.54. The van der Waals surface area contributed by atoms with Gasteiger partial charge in [0.05, 0.1) is 12.1 Å². The van der Waals surface area contributed by atoms with Crippen LogP contribution in [0.25, 0.3) is 4.85 Å². The Morgan fingerprint density at radius 1 is 1.28 bits per heavy atom. The number of carbonyl (C=O) groups is 4. The highest BCUT2D eigenvalue weighted by Crippen LogP contribution is 2.47. The summed E-state index contributed by atoms with van der Waals surface area (Å²) >= 11 is 0. The highest BCUT2D eigenvalue weighted by Gasteiger charge is 2.59. The van der Waals surface area contributed by atoms with Crippen molar-refractivity contribution in [3.8, 4) is 0 Å². The fraction of sp³-hybridized carbons (Fsp3) is 0.393. The van der Waals surface area contributed by atoms with Crippen LogP contribution >= 0.6 is 0 Å².